The van der Waals surface area contributed by atoms with Crippen LogP contribution in [0.4, 0.5) is 13.2 Å². The first-order valence-electron chi connectivity index (χ1n) is 8.52. The maximum absolute atomic E-state index is 12.7. The van der Waals surface area contributed by atoms with E-state index in [0.29, 0.717) is 0 Å². The van der Waals surface area contributed by atoms with Crippen LogP contribution in [0.2, 0.25) is 0 Å². The van der Waals surface area contributed by atoms with Gasteiger partial charge in [0.25, 0.3) is 0 Å². The number of ketones is 1. The number of nitrogens with one attached hydrogen (secondary N) is 2. The molecular formula is C19H19F3N2O4S. The van der Waals surface area contributed by atoms with Crippen LogP contribution in [0, 0.1) is 0 Å². The molecule has 0 unspecified atom stereocenters. The highest BCUT2D eigenvalue weighted by Gasteiger charge is 2.30. The number of amides is 1. The maximum atomic E-state index is 12.7. The lowest BCUT2D eigenvalue weighted by molar-refractivity contribution is -0.137. The van der Waals surface area contributed by atoms with E-state index in [1.165, 1.54) is 43.3 Å². The summed E-state index contributed by atoms with van der Waals surface area (Å²) in [5.74, 6) is -0.807. The zero-order chi connectivity index (χ0) is 21.7. The fourth-order valence-electron chi connectivity index (χ4n) is 2.41. The van der Waals surface area contributed by atoms with E-state index in [0.717, 1.165) is 12.1 Å². The van der Waals surface area contributed by atoms with Gasteiger partial charge in [0, 0.05) is 25.1 Å². The van der Waals surface area contributed by atoms with Crippen LogP contribution >= 0.6 is 0 Å². The second-order valence-electron chi connectivity index (χ2n) is 6.21. The van der Waals surface area contributed by atoms with Crippen LogP contribution in [0.5, 0.6) is 0 Å². The van der Waals surface area contributed by atoms with Gasteiger partial charge in [0.15, 0.2) is 5.78 Å². The van der Waals surface area contributed by atoms with Gasteiger partial charge in [-0.25, -0.2) is 13.1 Å². The van der Waals surface area contributed by atoms with Gasteiger partial charge in [0.1, 0.15) is 0 Å². The smallest absolute Gasteiger partial charge is 0.352 e. The predicted octanol–water partition coefficient (Wildman–Crippen LogP) is 2.89. The van der Waals surface area contributed by atoms with Crippen molar-refractivity contribution in [3.63, 3.8) is 0 Å². The molecule has 29 heavy (non-hydrogen) atoms. The monoisotopic (exact) mass is 428 g/mol. The average molecular weight is 428 g/mol. The van der Waals surface area contributed by atoms with Gasteiger partial charge in [-0.2, -0.15) is 13.2 Å². The fraction of sp³-hybridized carbons (Fsp3) is 0.263. The van der Waals surface area contributed by atoms with E-state index >= 15 is 0 Å². The van der Waals surface area contributed by atoms with Gasteiger partial charge >= 0.3 is 6.18 Å². The van der Waals surface area contributed by atoms with E-state index in [1.807, 2.05) is 0 Å². The summed E-state index contributed by atoms with van der Waals surface area (Å²) in [5, 5.41) is 2.44. The van der Waals surface area contributed by atoms with E-state index in [-0.39, 0.29) is 41.3 Å². The molecule has 0 atom stereocenters. The molecule has 2 aromatic rings. The molecule has 0 bridgehead atoms. The number of halogens is 3. The number of alkyl halides is 3. The molecule has 0 aromatic heterocycles. The third-order valence-corrected chi connectivity index (χ3v) is 5.40. The van der Waals surface area contributed by atoms with Crippen molar-refractivity contribution in [1.82, 2.24) is 10.0 Å². The molecule has 2 N–H and O–H groups in total. The van der Waals surface area contributed by atoms with Crippen molar-refractivity contribution in [1.29, 1.82) is 0 Å². The van der Waals surface area contributed by atoms with Crippen molar-refractivity contribution in [3.8, 4) is 0 Å². The summed E-state index contributed by atoms with van der Waals surface area (Å²) in [6, 6.07) is 10.0. The highest BCUT2D eigenvalue weighted by atomic mass is 32.2. The van der Waals surface area contributed by atoms with Crippen LogP contribution in [0.25, 0.3) is 0 Å². The number of hydrogen-bond donors (Lipinski definition) is 2. The van der Waals surface area contributed by atoms with Crippen molar-refractivity contribution in [2.45, 2.75) is 31.0 Å². The van der Waals surface area contributed by atoms with Crippen LogP contribution in [-0.4, -0.2) is 26.7 Å². The molecule has 2 aromatic carbocycles. The quantitative estimate of drug-likeness (QED) is 0.633. The third kappa shape index (κ3) is 6.68. The van der Waals surface area contributed by atoms with Gasteiger partial charge in [-0.05, 0) is 36.8 Å². The van der Waals surface area contributed by atoms with Gasteiger partial charge in [0.05, 0.1) is 10.5 Å². The number of benzene rings is 2. The Morgan fingerprint density at radius 1 is 1.03 bits per heavy atom. The normalized spacial score (nSPS) is 11.9. The topological polar surface area (TPSA) is 92.3 Å². The average Bonchev–Trinajstić information content (AvgIpc) is 2.66. The third-order valence-electron chi connectivity index (χ3n) is 3.94. The molecule has 0 saturated heterocycles. The number of sulfonamides is 1. The lowest BCUT2D eigenvalue weighted by atomic mass is 10.1. The molecule has 0 heterocycles. The van der Waals surface area contributed by atoms with Gasteiger partial charge in [-0.15, -0.1) is 0 Å². The minimum Gasteiger partial charge on any atom is -0.352 e. The van der Waals surface area contributed by atoms with Crippen LogP contribution in [-0.2, 0) is 27.5 Å². The number of Topliss-reactive ketones (excluding diaryl/α,β-unsaturated/α-hetero) is 1. The van der Waals surface area contributed by atoms with Crippen molar-refractivity contribution < 1.29 is 31.2 Å². The molecule has 0 aliphatic rings. The van der Waals surface area contributed by atoms with E-state index in [4.69, 9.17) is 0 Å². The molecule has 0 fully saturated rings. The summed E-state index contributed by atoms with van der Waals surface area (Å²) in [5.41, 5.74) is -0.300. The van der Waals surface area contributed by atoms with Crippen LogP contribution in [0.15, 0.2) is 53.4 Å². The summed E-state index contributed by atoms with van der Waals surface area (Å²) in [7, 11) is -3.91. The van der Waals surface area contributed by atoms with Crippen molar-refractivity contribution in [2.75, 3.05) is 6.54 Å². The molecule has 2 rings (SSSR count). The van der Waals surface area contributed by atoms with Gasteiger partial charge in [-0.3, -0.25) is 9.59 Å². The molecule has 0 radical (unpaired) electrons. The minimum atomic E-state index is -4.47. The Morgan fingerprint density at radius 2 is 1.72 bits per heavy atom. The molecule has 156 valence electrons. The summed E-state index contributed by atoms with van der Waals surface area (Å²) < 4.78 is 64.8. The molecule has 10 heteroatoms. The van der Waals surface area contributed by atoms with E-state index in [1.54, 1.807) is 0 Å². The summed E-state index contributed by atoms with van der Waals surface area (Å²) in [4.78, 5) is 23.1. The van der Waals surface area contributed by atoms with Crippen molar-refractivity contribution in [3.05, 3.63) is 65.2 Å². The maximum Gasteiger partial charge on any atom is 0.416 e. The highest BCUT2D eigenvalue weighted by molar-refractivity contribution is 7.89. The van der Waals surface area contributed by atoms with Gasteiger partial charge < -0.3 is 5.32 Å². The van der Waals surface area contributed by atoms with Crippen LogP contribution in [0.1, 0.15) is 34.8 Å². The predicted molar refractivity (Wildman–Crippen MR) is 99.5 cm³/mol. The number of rotatable bonds is 8. The Hall–Kier alpha value is -2.72. The lowest BCUT2D eigenvalue weighted by Gasteiger charge is -2.10. The van der Waals surface area contributed by atoms with Crippen LogP contribution < -0.4 is 10.0 Å². The SMILES string of the molecule is CC(=O)c1cccc(S(=O)(=O)NCCC(=O)NCc2cccc(C(F)(F)F)c2)c1. The second-order valence-corrected chi connectivity index (χ2v) is 7.97. The lowest BCUT2D eigenvalue weighted by Crippen LogP contribution is -2.30. The number of carbonyl (C=O) groups excluding carboxylic acids is 2. The Morgan fingerprint density at radius 3 is 2.38 bits per heavy atom. The first kappa shape index (κ1) is 22.6. The molecular weight excluding hydrogens is 409 g/mol. The Kier molecular flexibility index (Phi) is 7.15. The van der Waals surface area contributed by atoms with Gasteiger partial charge in [0.2, 0.25) is 15.9 Å². The Labute approximate surface area is 166 Å². The van der Waals surface area contributed by atoms with E-state index < -0.39 is 27.7 Å². The number of hydrogen-bond acceptors (Lipinski definition) is 4. The van der Waals surface area contributed by atoms with E-state index in [9.17, 15) is 31.2 Å². The molecule has 0 aliphatic heterocycles. The fourth-order valence-corrected chi connectivity index (χ4v) is 3.49. The largest absolute Gasteiger partial charge is 0.416 e. The van der Waals surface area contributed by atoms with Crippen molar-refractivity contribution in [2.24, 2.45) is 0 Å². The molecule has 0 saturated carbocycles. The Balaban J connectivity index is 1.87. The van der Waals surface area contributed by atoms with E-state index in [2.05, 4.69) is 10.0 Å². The molecule has 0 aliphatic carbocycles. The summed E-state index contributed by atoms with van der Waals surface area (Å²) in [6.45, 7) is 0.991. The van der Waals surface area contributed by atoms with Crippen LogP contribution in [0.3, 0.4) is 0 Å². The first-order chi connectivity index (χ1) is 13.5. The highest BCUT2D eigenvalue weighted by Crippen LogP contribution is 2.29. The molecule has 1 amide bonds. The first-order valence-corrected chi connectivity index (χ1v) is 10.0. The Bertz CT molecular complexity index is 1000. The molecule has 0 spiro atoms. The van der Waals surface area contributed by atoms with Gasteiger partial charge in [-0.1, -0.05) is 24.3 Å². The zero-order valence-corrected chi connectivity index (χ0v) is 16.2. The zero-order valence-electron chi connectivity index (χ0n) is 15.4. The standard InChI is InChI=1S/C19H19F3N2O4S/c1-13(25)15-5-3-7-17(11-15)29(27,28)24-9-8-18(26)23-12-14-4-2-6-16(10-14)19(20,21)22/h2-7,10-11,24H,8-9,12H2,1H3,(H,23,26). The summed E-state index contributed by atoms with van der Waals surface area (Å²) >= 11 is 0. The molecule has 6 nitrogen and oxygen atoms in total. The number of carbonyl (C=O) groups is 2. The second kappa shape index (κ2) is 9.19. The van der Waals surface area contributed by atoms with Crippen molar-refractivity contribution >= 4 is 21.7 Å². The minimum absolute atomic E-state index is 0.102. The summed E-state index contributed by atoms with van der Waals surface area (Å²) in [6.07, 6.45) is -4.68.